The van der Waals surface area contributed by atoms with Gasteiger partial charge in [0.2, 0.25) is 0 Å². The van der Waals surface area contributed by atoms with E-state index in [1.54, 1.807) is 0 Å². The number of unbranched alkanes of at least 4 members (excludes halogenated alkanes) is 24. The van der Waals surface area contributed by atoms with Crippen LogP contribution in [-0.4, -0.2) is 41.0 Å². The quantitative estimate of drug-likeness (QED) is 0.0268. The second-order valence-corrected chi connectivity index (χ2v) is 18.0. The number of hydrogen-bond donors (Lipinski definition) is 2. The maximum Gasteiger partial charge on any atom is 0.469 e. The van der Waals surface area contributed by atoms with Crippen LogP contribution >= 0.6 is 7.82 Å². The molecule has 0 unspecified atom stereocenters. The minimum Gasteiger partial charge on any atom is -0.462 e. The summed E-state index contributed by atoms with van der Waals surface area (Å²) < 4.78 is 26.4. The summed E-state index contributed by atoms with van der Waals surface area (Å²) >= 11 is 0. The Hall–Kier alpha value is -2.51. The van der Waals surface area contributed by atoms with Crippen LogP contribution in [0.25, 0.3) is 0 Å². The predicted octanol–water partition coefficient (Wildman–Crippen LogP) is 16.2. The maximum absolute atomic E-state index is 12.4. The fourth-order valence-corrected chi connectivity index (χ4v) is 7.28. The standard InChI is InChI=1S/C53H93O8P/c1-3-5-7-9-11-13-15-17-19-21-23-25-26-28-29-31-33-35-37-39-41-43-45-47-52(54)59-49-51(50-60-62(56,57)58)61-53(55)48-46-44-42-40-38-36-34-32-30-27-24-22-20-18-16-14-12-10-8-6-4-2/h20,22,27,30-31,33-34,36,39-42,51H,3-19,21,23-26,28-29,32,35,37-38,43-50H2,1-2H3,(H2,56,57,58)/b22-20+,30-27+,33-31+,36-34+,41-39+,42-40+/t51-/m1/s1. The predicted molar refractivity (Wildman–Crippen MR) is 262 cm³/mol. The molecule has 0 rings (SSSR count). The van der Waals surface area contributed by atoms with E-state index in [-0.39, 0.29) is 19.4 Å². The van der Waals surface area contributed by atoms with Crippen molar-refractivity contribution in [1.29, 1.82) is 0 Å². The van der Waals surface area contributed by atoms with Crippen molar-refractivity contribution in [3.8, 4) is 0 Å². The summed E-state index contributed by atoms with van der Waals surface area (Å²) in [5.41, 5.74) is 0. The SMILES string of the molecule is CCCCCCCCC/C=C/C/C=C/C/C=C/C/C=C/CCCC(=O)O[C@H](COC(=O)CCC/C=C/CC/C=C/CCCCCCCCCCCCCCCC)COP(=O)(O)O. The van der Waals surface area contributed by atoms with Crippen LogP contribution in [0.1, 0.15) is 232 Å². The number of allylic oxidation sites excluding steroid dienone is 12. The lowest BCUT2D eigenvalue weighted by atomic mass is 10.0. The molecule has 9 heteroatoms. The highest BCUT2D eigenvalue weighted by molar-refractivity contribution is 7.46. The van der Waals surface area contributed by atoms with E-state index in [0.29, 0.717) is 19.3 Å². The van der Waals surface area contributed by atoms with Crippen LogP contribution in [0.3, 0.4) is 0 Å². The zero-order valence-electron chi connectivity index (χ0n) is 39.8. The lowest BCUT2D eigenvalue weighted by Gasteiger charge is -2.18. The summed E-state index contributed by atoms with van der Waals surface area (Å²) in [6.07, 6.45) is 63.7. The topological polar surface area (TPSA) is 119 Å². The highest BCUT2D eigenvalue weighted by Gasteiger charge is 2.22. The normalized spacial score (nSPS) is 13.0. The third-order valence-corrected chi connectivity index (χ3v) is 11.2. The molecule has 0 aromatic carbocycles. The van der Waals surface area contributed by atoms with Crippen LogP contribution in [0, 0.1) is 0 Å². The maximum atomic E-state index is 12.4. The summed E-state index contributed by atoms with van der Waals surface area (Å²) in [6.45, 7) is 3.63. The largest absolute Gasteiger partial charge is 0.469 e. The molecule has 0 saturated carbocycles. The Morgan fingerprint density at radius 3 is 1.15 bits per heavy atom. The van der Waals surface area contributed by atoms with Crippen molar-refractivity contribution >= 4 is 19.8 Å². The van der Waals surface area contributed by atoms with Crippen molar-refractivity contribution in [3.05, 3.63) is 72.9 Å². The molecule has 2 N–H and O–H groups in total. The number of rotatable bonds is 46. The molecule has 62 heavy (non-hydrogen) atoms. The first-order valence-electron chi connectivity index (χ1n) is 25.2. The number of hydrogen-bond acceptors (Lipinski definition) is 6. The van der Waals surface area contributed by atoms with Crippen molar-refractivity contribution in [2.45, 2.75) is 238 Å². The number of phosphoric acid groups is 1. The molecular weight excluding hydrogens is 796 g/mol. The summed E-state index contributed by atoms with van der Waals surface area (Å²) in [5, 5.41) is 0. The third-order valence-electron chi connectivity index (χ3n) is 10.7. The molecule has 0 aliphatic rings. The number of esters is 2. The van der Waals surface area contributed by atoms with E-state index >= 15 is 0 Å². The minimum absolute atomic E-state index is 0.125. The fourth-order valence-electron chi connectivity index (χ4n) is 6.92. The fraction of sp³-hybridized carbons (Fsp3) is 0.736. The van der Waals surface area contributed by atoms with Crippen LogP contribution < -0.4 is 0 Å². The monoisotopic (exact) mass is 889 g/mol. The van der Waals surface area contributed by atoms with Gasteiger partial charge in [0.15, 0.2) is 6.10 Å². The summed E-state index contributed by atoms with van der Waals surface area (Å²) in [4.78, 5) is 43.0. The lowest BCUT2D eigenvalue weighted by molar-refractivity contribution is -0.161. The zero-order chi connectivity index (χ0) is 45.3. The first kappa shape index (κ1) is 59.5. The highest BCUT2D eigenvalue weighted by Crippen LogP contribution is 2.36. The Labute approximate surface area is 380 Å². The molecule has 0 saturated heterocycles. The van der Waals surface area contributed by atoms with Gasteiger partial charge < -0.3 is 19.3 Å². The van der Waals surface area contributed by atoms with E-state index in [9.17, 15) is 14.2 Å². The van der Waals surface area contributed by atoms with Gasteiger partial charge >= 0.3 is 19.8 Å². The van der Waals surface area contributed by atoms with E-state index in [1.165, 1.54) is 141 Å². The van der Waals surface area contributed by atoms with Gasteiger partial charge in [-0.15, -0.1) is 0 Å². The van der Waals surface area contributed by atoms with E-state index in [1.807, 2.05) is 6.08 Å². The molecule has 0 aliphatic heterocycles. The molecule has 1 atom stereocenters. The second-order valence-electron chi connectivity index (χ2n) is 16.8. The molecule has 0 spiro atoms. The van der Waals surface area contributed by atoms with E-state index in [2.05, 4.69) is 85.2 Å². The summed E-state index contributed by atoms with van der Waals surface area (Å²) in [7, 11) is -4.79. The van der Waals surface area contributed by atoms with Crippen molar-refractivity contribution in [2.24, 2.45) is 0 Å². The van der Waals surface area contributed by atoms with Gasteiger partial charge in [0, 0.05) is 12.8 Å². The van der Waals surface area contributed by atoms with Gasteiger partial charge in [0.1, 0.15) is 6.61 Å². The Morgan fingerprint density at radius 1 is 0.419 bits per heavy atom. The molecule has 0 radical (unpaired) electrons. The molecule has 0 aliphatic carbocycles. The zero-order valence-corrected chi connectivity index (χ0v) is 40.6. The molecular formula is C53H93O8P. The molecule has 0 fully saturated rings. The van der Waals surface area contributed by atoms with Gasteiger partial charge in [-0.3, -0.25) is 14.1 Å². The van der Waals surface area contributed by atoms with Crippen molar-refractivity contribution in [2.75, 3.05) is 13.2 Å². The minimum atomic E-state index is -4.79. The molecule has 0 amide bonds. The number of carbonyl (C=O) groups excluding carboxylic acids is 2. The van der Waals surface area contributed by atoms with Crippen LogP contribution in [0.15, 0.2) is 72.9 Å². The second kappa shape index (κ2) is 48.0. The van der Waals surface area contributed by atoms with Gasteiger partial charge in [-0.2, -0.15) is 0 Å². The van der Waals surface area contributed by atoms with Gasteiger partial charge in [-0.05, 0) is 83.5 Å². The first-order valence-corrected chi connectivity index (χ1v) is 26.8. The van der Waals surface area contributed by atoms with Crippen LogP contribution in [0.5, 0.6) is 0 Å². The average Bonchev–Trinajstić information content (AvgIpc) is 3.25. The Balaban J connectivity index is 3.98. The average molecular weight is 889 g/mol. The van der Waals surface area contributed by atoms with E-state index in [0.717, 1.165) is 44.9 Å². The summed E-state index contributed by atoms with van der Waals surface area (Å²) in [6, 6.07) is 0. The lowest BCUT2D eigenvalue weighted by Crippen LogP contribution is -2.29. The Bertz CT molecular complexity index is 1230. The number of carbonyl (C=O) groups is 2. The van der Waals surface area contributed by atoms with Gasteiger partial charge in [-0.25, -0.2) is 4.57 Å². The van der Waals surface area contributed by atoms with Crippen molar-refractivity contribution in [3.63, 3.8) is 0 Å². The van der Waals surface area contributed by atoms with Gasteiger partial charge in [-0.1, -0.05) is 209 Å². The molecule has 8 nitrogen and oxygen atoms in total. The van der Waals surface area contributed by atoms with E-state index < -0.39 is 32.5 Å². The van der Waals surface area contributed by atoms with E-state index in [4.69, 9.17) is 19.3 Å². The number of ether oxygens (including phenoxy) is 2. The smallest absolute Gasteiger partial charge is 0.462 e. The van der Waals surface area contributed by atoms with Crippen LogP contribution in [0.4, 0.5) is 0 Å². The molecule has 0 aromatic heterocycles. The Morgan fingerprint density at radius 2 is 0.742 bits per heavy atom. The number of phosphoric ester groups is 1. The van der Waals surface area contributed by atoms with Gasteiger partial charge in [0.05, 0.1) is 6.61 Å². The molecule has 0 heterocycles. The molecule has 0 bridgehead atoms. The molecule has 358 valence electrons. The highest BCUT2D eigenvalue weighted by atomic mass is 31.2. The van der Waals surface area contributed by atoms with Crippen LogP contribution in [0.2, 0.25) is 0 Å². The van der Waals surface area contributed by atoms with Crippen LogP contribution in [-0.2, 0) is 28.2 Å². The Kier molecular flexibility index (Phi) is 46.0. The molecule has 0 aromatic rings. The van der Waals surface area contributed by atoms with Gasteiger partial charge in [0.25, 0.3) is 0 Å². The third kappa shape index (κ3) is 50.1. The van der Waals surface area contributed by atoms with Crippen molar-refractivity contribution < 1.29 is 37.9 Å². The van der Waals surface area contributed by atoms with Crippen molar-refractivity contribution in [1.82, 2.24) is 0 Å². The first-order chi connectivity index (χ1) is 30.3. The summed E-state index contributed by atoms with van der Waals surface area (Å²) in [5.74, 6) is -0.998.